The molecule has 2 aliphatic heterocycles. The van der Waals surface area contributed by atoms with Gasteiger partial charge in [-0.2, -0.15) is 0 Å². The van der Waals surface area contributed by atoms with E-state index < -0.39 is 0 Å². The van der Waals surface area contributed by atoms with E-state index >= 15 is 0 Å². The number of hydrogen-bond acceptors (Lipinski definition) is 4. The van der Waals surface area contributed by atoms with Gasteiger partial charge >= 0.3 is 0 Å². The summed E-state index contributed by atoms with van der Waals surface area (Å²) in [6.45, 7) is 15.6. The summed E-state index contributed by atoms with van der Waals surface area (Å²) in [6.07, 6.45) is 4.45. The minimum Gasteiger partial charge on any atom is -0.374 e. The van der Waals surface area contributed by atoms with Crippen LogP contribution >= 0.6 is 0 Å². The van der Waals surface area contributed by atoms with Crippen LogP contribution in [0.3, 0.4) is 0 Å². The molecule has 2 heterocycles. The van der Waals surface area contributed by atoms with Crippen molar-refractivity contribution in [3.05, 3.63) is 0 Å². The fourth-order valence-electron chi connectivity index (χ4n) is 3.49. The first kappa shape index (κ1) is 17.2. The molecule has 0 radical (unpaired) electrons. The second-order valence-corrected chi connectivity index (χ2v) is 7.29. The highest BCUT2D eigenvalue weighted by molar-refractivity contribution is 4.84. The summed E-state index contributed by atoms with van der Waals surface area (Å²) in [6, 6.07) is 1.91. The van der Waals surface area contributed by atoms with Gasteiger partial charge in [-0.25, -0.2) is 0 Å². The van der Waals surface area contributed by atoms with Crippen LogP contribution in [-0.4, -0.2) is 73.4 Å². The molecule has 0 saturated carbocycles. The van der Waals surface area contributed by atoms with Gasteiger partial charge in [0.25, 0.3) is 0 Å². The smallest absolute Gasteiger partial charge is 0.0829 e. The largest absolute Gasteiger partial charge is 0.374 e. The first-order valence-corrected chi connectivity index (χ1v) is 8.89. The normalized spacial score (nSPS) is 29.4. The van der Waals surface area contributed by atoms with Crippen LogP contribution in [0, 0.1) is 0 Å². The number of piperidine rings is 1. The van der Waals surface area contributed by atoms with Gasteiger partial charge in [0.05, 0.1) is 12.7 Å². The third kappa shape index (κ3) is 5.51. The topological polar surface area (TPSA) is 27.7 Å². The molecule has 0 aromatic heterocycles. The quantitative estimate of drug-likeness (QED) is 0.811. The van der Waals surface area contributed by atoms with Crippen molar-refractivity contribution in [2.75, 3.05) is 39.3 Å². The van der Waals surface area contributed by atoms with Gasteiger partial charge in [-0.05, 0) is 33.2 Å². The molecule has 2 atom stereocenters. The average molecular weight is 297 g/mol. The van der Waals surface area contributed by atoms with Gasteiger partial charge in [0.15, 0.2) is 0 Å². The van der Waals surface area contributed by atoms with E-state index in [1.165, 1.54) is 25.8 Å². The molecule has 4 nitrogen and oxygen atoms in total. The number of rotatable bonds is 6. The summed E-state index contributed by atoms with van der Waals surface area (Å²) in [7, 11) is 0. The fourth-order valence-corrected chi connectivity index (χ4v) is 3.49. The molecule has 2 unspecified atom stereocenters. The summed E-state index contributed by atoms with van der Waals surface area (Å²) in [5.41, 5.74) is 0. The highest BCUT2D eigenvalue weighted by Crippen LogP contribution is 2.19. The van der Waals surface area contributed by atoms with Gasteiger partial charge in [0.2, 0.25) is 0 Å². The predicted octanol–water partition coefficient (Wildman–Crippen LogP) is 1.95. The summed E-state index contributed by atoms with van der Waals surface area (Å²) < 4.78 is 6.03. The van der Waals surface area contributed by atoms with Crippen molar-refractivity contribution in [1.82, 2.24) is 15.1 Å². The Hall–Kier alpha value is -0.160. The maximum absolute atomic E-state index is 6.03. The summed E-state index contributed by atoms with van der Waals surface area (Å²) in [5.74, 6) is 0. The van der Waals surface area contributed by atoms with Gasteiger partial charge in [-0.1, -0.05) is 20.3 Å². The standard InChI is InChI=1S/C17H35N3O/c1-14(2)18-11-16-7-5-6-8-20(16)13-17-12-19(15(3)4)9-10-21-17/h14-18H,5-13H2,1-4H3. The number of likely N-dealkylation sites (tertiary alicyclic amines) is 1. The molecule has 0 spiro atoms. The van der Waals surface area contributed by atoms with E-state index in [1.807, 2.05) is 0 Å². The predicted molar refractivity (Wildman–Crippen MR) is 88.8 cm³/mol. The Morgan fingerprint density at radius 3 is 2.67 bits per heavy atom. The zero-order valence-electron chi connectivity index (χ0n) is 14.5. The van der Waals surface area contributed by atoms with Crippen molar-refractivity contribution in [1.29, 1.82) is 0 Å². The lowest BCUT2D eigenvalue weighted by molar-refractivity contribution is -0.0599. The SMILES string of the molecule is CC(C)NCC1CCCCN1CC1CN(C(C)C)CCO1. The van der Waals surface area contributed by atoms with Crippen LogP contribution in [0.2, 0.25) is 0 Å². The lowest BCUT2D eigenvalue weighted by Gasteiger charge is -2.41. The van der Waals surface area contributed by atoms with Crippen LogP contribution in [0.15, 0.2) is 0 Å². The van der Waals surface area contributed by atoms with Crippen LogP contribution in [-0.2, 0) is 4.74 Å². The highest BCUT2D eigenvalue weighted by atomic mass is 16.5. The summed E-state index contributed by atoms with van der Waals surface area (Å²) in [5, 5.41) is 3.62. The van der Waals surface area contributed by atoms with Gasteiger partial charge in [0.1, 0.15) is 0 Å². The zero-order valence-corrected chi connectivity index (χ0v) is 14.5. The average Bonchev–Trinajstić information content (AvgIpc) is 2.46. The Balaban J connectivity index is 1.83. The minimum absolute atomic E-state index is 0.390. The maximum Gasteiger partial charge on any atom is 0.0829 e. The number of hydrogen-bond donors (Lipinski definition) is 1. The van der Waals surface area contributed by atoms with Gasteiger partial charge < -0.3 is 10.1 Å². The maximum atomic E-state index is 6.03. The number of morpholine rings is 1. The van der Waals surface area contributed by atoms with E-state index in [0.29, 0.717) is 24.2 Å². The number of nitrogens with one attached hydrogen (secondary N) is 1. The summed E-state index contributed by atoms with van der Waals surface area (Å²) >= 11 is 0. The third-order valence-corrected chi connectivity index (χ3v) is 4.85. The van der Waals surface area contributed by atoms with Gasteiger partial charge in [-0.15, -0.1) is 0 Å². The summed E-state index contributed by atoms with van der Waals surface area (Å²) in [4.78, 5) is 5.23. The van der Waals surface area contributed by atoms with Crippen LogP contribution < -0.4 is 5.32 Å². The highest BCUT2D eigenvalue weighted by Gasteiger charge is 2.28. The molecule has 2 fully saturated rings. The van der Waals surface area contributed by atoms with E-state index in [4.69, 9.17) is 4.74 Å². The Kier molecular flexibility index (Phi) is 6.93. The van der Waals surface area contributed by atoms with Crippen molar-refractivity contribution in [2.45, 2.75) is 71.2 Å². The monoisotopic (exact) mass is 297 g/mol. The van der Waals surface area contributed by atoms with E-state index in [1.54, 1.807) is 0 Å². The molecule has 0 aromatic rings. The molecule has 2 saturated heterocycles. The van der Waals surface area contributed by atoms with Crippen LogP contribution in [0.4, 0.5) is 0 Å². The van der Waals surface area contributed by atoms with Crippen LogP contribution in [0.1, 0.15) is 47.0 Å². The third-order valence-electron chi connectivity index (χ3n) is 4.85. The van der Waals surface area contributed by atoms with Crippen molar-refractivity contribution in [3.8, 4) is 0 Å². The van der Waals surface area contributed by atoms with Crippen molar-refractivity contribution >= 4 is 0 Å². The van der Waals surface area contributed by atoms with Gasteiger partial charge in [0, 0.05) is 44.3 Å². The van der Waals surface area contributed by atoms with Crippen molar-refractivity contribution in [2.24, 2.45) is 0 Å². The number of ether oxygens (including phenoxy) is 1. The Bertz CT molecular complexity index is 296. The minimum atomic E-state index is 0.390. The molecular formula is C17H35N3O. The first-order valence-electron chi connectivity index (χ1n) is 8.89. The van der Waals surface area contributed by atoms with Gasteiger partial charge in [-0.3, -0.25) is 9.80 Å². The lowest BCUT2D eigenvalue weighted by atomic mass is 10.0. The molecule has 4 heteroatoms. The molecule has 0 aromatic carbocycles. The molecule has 124 valence electrons. The van der Waals surface area contributed by atoms with Crippen molar-refractivity contribution < 1.29 is 4.74 Å². The molecule has 0 bridgehead atoms. The second kappa shape index (κ2) is 8.47. The molecule has 0 aliphatic carbocycles. The zero-order chi connectivity index (χ0) is 15.2. The Morgan fingerprint density at radius 1 is 1.14 bits per heavy atom. The molecule has 0 amide bonds. The molecule has 1 N–H and O–H groups in total. The molecule has 21 heavy (non-hydrogen) atoms. The van der Waals surface area contributed by atoms with E-state index in [-0.39, 0.29) is 0 Å². The molecule has 2 aliphatic rings. The first-order chi connectivity index (χ1) is 10.1. The van der Waals surface area contributed by atoms with E-state index in [9.17, 15) is 0 Å². The van der Waals surface area contributed by atoms with Crippen LogP contribution in [0.25, 0.3) is 0 Å². The second-order valence-electron chi connectivity index (χ2n) is 7.29. The number of nitrogens with zero attached hydrogens (tertiary/aromatic N) is 2. The molecular weight excluding hydrogens is 262 g/mol. The Labute approximate surface area is 131 Å². The van der Waals surface area contributed by atoms with Crippen LogP contribution in [0.5, 0.6) is 0 Å². The fraction of sp³-hybridized carbons (Fsp3) is 1.00. The van der Waals surface area contributed by atoms with E-state index in [0.717, 1.165) is 32.8 Å². The van der Waals surface area contributed by atoms with Crippen molar-refractivity contribution in [3.63, 3.8) is 0 Å². The van der Waals surface area contributed by atoms with E-state index in [2.05, 4.69) is 42.8 Å². The lowest BCUT2D eigenvalue weighted by Crippen LogP contribution is -2.54. The molecule has 2 rings (SSSR count). The Morgan fingerprint density at radius 2 is 1.95 bits per heavy atom.